The van der Waals surface area contributed by atoms with E-state index in [9.17, 15) is 9.90 Å². The molecule has 1 N–H and O–H groups in total. The summed E-state index contributed by atoms with van der Waals surface area (Å²) in [4.78, 5) is 10.9. The van der Waals surface area contributed by atoms with Gasteiger partial charge in [-0.25, -0.2) is 0 Å². The number of carbonyl (C=O) groups excluding carboxylic acids is 1. The van der Waals surface area contributed by atoms with E-state index in [1.165, 1.54) is 0 Å². The van der Waals surface area contributed by atoms with E-state index in [4.69, 9.17) is 25.8 Å². The second-order valence-corrected chi connectivity index (χ2v) is 4.21. The van der Waals surface area contributed by atoms with Crippen LogP contribution in [0.25, 0.3) is 0 Å². The van der Waals surface area contributed by atoms with Gasteiger partial charge in [-0.15, -0.1) is 0 Å². The van der Waals surface area contributed by atoms with Crippen LogP contribution < -0.4 is 4.74 Å². The molecule has 106 valence electrons. The molecule has 0 bridgehead atoms. The minimum Gasteiger partial charge on any atom is -0.490 e. The van der Waals surface area contributed by atoms with Gasteiger partial charge >= 0.3 is 0 Å². The van der Waals surface area contributed by atoms with E-state index in [1.807, 2.05) is 0 Å². The van der Waals surface area contributed by atoms with Gasteiger partial charge in [-0.3, -0.25) is 4.79 Å². The van der Waals surface area contributed by atoms with Crippen LogP contribution in [0, 0.1) is 0 Å². The number of hydrogen-bond acceptors (Lipinski definition) is 5. The van der Waals surface area contributed by atoms with E-state index in [2.05, 4.69) is 0 Å². The van der Waals surface area contributed by atoms with Crippen molar-refractivity contribution in [2.75, 3.05) is 33.5 Å². The number of aldehydes is 1. The number of rotatable bonds is 9. The number of methoxy groups -OCH3 is 1. The molecule has 0 aliphatic rings. The molecule has 1 unspecified atom stereocenters. The molecule has 1 aromatic rings. The van der Waals surface area contributed by atoms with Gasteiger partial charge in [-0.05, 0) is 12.1 Å². The zero-order valence-electron chi connectivity index (χ0n) is 10.7. The van der Waals surface area contributed by atoms with E-state index in [0.29, 0.717) is 30.3 Å². The molecule has 0 saturated carbocycles. The molecule has 1 rings (SSSR count). The number of aliphatic hydroxyl groups is 1. The quantitative estimate of drug-likeness (QED) is 0.552. The van der Waals surface area contributed by atoms with Crippen LogP contribution >= 0.6 is 11.6 Å². The zero-order valence-corrected chi connectivity index (χ0v) is 11.4. The van der Waals surface area contributed by atoms with E-state index >= 15 is 0 Å². The van der Waals surface area contributed by atoms with Crippen LogP contribution in [-0.4, -0.2) is 51.0 Å². The molecule has 0 amide bonds. The summed E-state index contributed by atoms with van der Waals surface area (Å²) in [6, 6.07) is 4.89. The van der Waals surface area contributed by atoms with Crippen LogP contribution in [0.1, 0.15) is 10.4 Å². The molecule has 0 aromatic heterocycles. The van der Waals surface area contributed by atoms with Crippen molar-refractivity contribution in [2.45, 2.75) is 6.10 Å². The predicted molar refractivity (Wildman–Crippen MR) is 71.0 cm³/mol. The van der Waals surface area contributed by atoms with Crippen molar-refractivity contribution in [1.82, 2.24) is 0 Å². The SMILES string of the molecule is COCCOCC(O)COc1cccc(Cl)c1C=O. The summed E-state index contributed by atoms with van der Waals surface area (Å²) in [6.45, 7) is 1.04. The average molecular weight is 289 g/mol. The summed E-state index contributed by atoms with van der Waals surface area (Å²) in [5.41, 5.74) is 0.275. The zero-order chi connectivity index (χ0) is 14.1. The number of benzene rings is 1. The van der Waals surface area contributed by atoms with E-state index in [-0.39, 0.29) is 18.8 Å². The minimum atomic E-state index is -0.782. The first-order valence-corrected chi connectivity index (χ1v) is 6.18. The lowest BCUT2D eigenvalue weighted by Crippen LogP contribution is -2.24. The summed E-state index contributed by atoms with van der Waals surface area (Å²) >= 11 is 5.85. The van der Waals surface area contributed by atoms with Gasteiger partial charge in [0.25, 0.3) is 0 Å². The molecule has 0 radical (unpaired) electrons. The third-order valence-corrected chi connectivity index (χ3v) is 2.63. The molecular formula is C13H17ClO5. The van der Waals surface area contributed by atoms with Crippen molar-refractivity contribution in [1.29, 1.82) is 0 Å². The minimum absolute atomic E-state index is 0.0220. The van der Waals surface area contributed by atoms with Crippen LogP contribution in [0.5, 0.6) is 5.75 Å². The summed E-state index contributed by atoms with van der Waals surface area (Å²) in [5, 5.41) is 9.95. The highest BCUT2D eigenvalue weighted by molar-refractivity contribution is 6.33. The second kappa shape index (κ2) is 8.87. The van der Waals surface area contributed by atoms with Crippen LogP contribution in [0.15, 0.2) is 18.2 Å². The fourth-order valence-electron chi connectivity index (χ4n) is 1.35. The smallest absolute Gasteiger partial charge is 0.155 e. The molecule has 0 fully saturated rings. The summed E-state index contributed by atoms with van der Waals surface area (Å²) in [5.74, 6) is 0.346. The van der Waals surface area contributed by atoms with Crippen LogP contribution in [0.4, 0.5) is 0 Å². The first-order chi connectivity index (χ1) is 9.19. The molecule has 0 saturated heterocycles. The number of ether oxygens (including phenoxy) is 3. The lowest BCUT2D eigenvalue weighted by molar-refractivity contribution is -0.00426. The van der Waals surface area contributed by atoms with Crippen LogP contribution in [0.2, 0.25) is 5.02 Å². The number of halogens is 1. The molecule has 19 heavy (non-hydrogen) atoms. The normalized spacial score (nSPS) is 12.2. The molecule has 1 atom stereocenters. The fourth-order valence-corrected chi connectivity index (χ4v) is 1.56. The summed E-state index contributed by atoms with van der Waals surface area (Å²) < 4.78 is 15.3. The molecule has 5 nitrogen and oxygen atoms in total. The highest BCUT2D eigenvalue weighted by atomic mass is 35.5. The van der Waals surface area contributed by atoms with Crippen molar-refractivity contribution in [3.8, 4) is 5.75 Å². The Kier molecular flexibility index (Phi) is 7.43. The predicted octanol–water partition coefficient (Wildman–Crippen LogP) is 1.56. The van der Waals surface area contributed by atoms with Crippen molar-refractivity contribution in [3.05, 3.63) is 28.8 Å². The first kappa shape index (κ1) is 15.9. The standard InChI is InChI=1S/C13H17ClO5/c1-17-5-6-18-8-10(16)9-19-13-4-2-3-12(14)11(13)7-15/h2-4,7,10,16H,5-6,8-9H2,1H3. The van der Waals surface area contributed by atoms with Gasteiger partial charge in [-0.2, -0.15) is 0 Å². The lowest BCUT2D eigenvalue weighted by atomic mass is 10.2. The van der Waals surface area contributed by atoms with E-state index < -0.39 is 6.10 Å². The third kappa shape index (κ3) is 5.57. The maximum absolute atomic E-state index is 10.9. The Morgan fingerprint density at radius 1 is 1.37 bits per heavy atom. The van der Waals surface area contributed by atoms with Crippen LogP contribution in [-0.2, 0) is 9.47 Å². The Bertz CT molecular complexity index is 397. The van der Waals surface area contributed by atoms with Gasteiger partial charge in [0.2, 0.25) is 0 Å². The molecule has 0 aliphatic carbocycles. The first-order valence-electron chi connectivity index (χ1n) is 5.80. The molecule has 6 heteroatoms. The summed E-state index contributed by atoms with van der Waals surface area (Å²) in [6.07, 6.45) is -0.158. The van der Waals surface area contributed by atoms with E-state index in [1.54, 1.807) is 25.3 Å². The van der Waals surface area contributed by atoms with Gasteiger partial charge in [0, 0.05) is 7.11 Å². The van der Waals surface area contributed by atoms with Gasteiger partial charge < -0.3 is 19.3 Å². The van der Waals surface area contributed by atoms with Crippen molar-refractivity contribution >= 4 is 17.9 Å². The highest BCUT2D eigenvalue weighted by Crippen LogP contribution is 2.24. The van der Waals surface area contributed by atoms with Crippen molar-refractivity contribution in [2.24, 2.45) is 0 Å². The Labute approximate surface area is 117 Å². The van der Waals surface area contributed by atoms with Crippen LogP contribution in [0.3, 0.4) is 0 Å². The summed E-state index contributed by atoms with van der Waals surface area (Å²) in [7, 11) is 1.57. The third-order valence-electron chi connectivity index (χ3n) is 2.30. The lowest BCUT2D eigenvalue weighted by Gasteiger charge is -2.14. The van der Waals surface area contributed by atoms with Gasteiger partial charge in [0.05, 0.1) is 30.4 Å². The Morgan fingerprint density at radius 2 is 2.16 bits per heavy atom. The Balaban J connectivity index is 2.39. The second-order valence-electron chi connectivity index (χ2n) is 3.80. The van der Waals surface area contributed by atoms with Crippen molar-refractivity contribution in [3.63, 3.8) is 0 Å². The number of hydrogen-bond donors (Lipinski definition) is 1. The molecule has 0 heterocycles. The Morgan fingerprint density at radius 3 is 2.84 bits per heavy atom. The Hall–Kier alpha value is -1.14. The molecule has 1 aromatic carbocycles. The largest absolute Gasteiger partial charge is 0.490 e. The van der Waals surface area contributed by atoms with Gasteiger partial charge in [0.15, 0.2) is 6.29 Å². The molecule has 0 spiro atoms. The highest BCUT2D eigenvalue weighted by Gasteiger charge is 2.10. The topological polar surface area (TPSA) is 65.0 Å². The number of carbonyl (C=O) groups is 1. The maximum Gasteiger partial charge on any atom is 0.155 e. The fraction of sp³-hybridized carbons (Fsp3) is 0.462. The van der Waals surface area contributed by atoms with Gasteiger partial charge in [0.1, 0.15) is 18.5 Å². The average Bonchev–Trinajstić information content (AvgIpc) is 2.41. The number of aliphatic hydroxyl groups excluding tert-OH is 1. The monoisotopic (exact) mass is 288 g/mol. The van der Waals surface area contributed by atoms with Crippen molar-refractivity contribution < 1.29 is 24.1 Å². The molecule has 0 aliphatic heterocycles. The van der Waals surface area contributed by atoms with Gasteiger partial charge in [-0.1, -0.05) is 17.7 Å². The van der Waals surface area contributed by atoms with E-state index in [0.717, 1.165) is 0 Å². The molecular weight excluding hydrogens is 272 g/mol. The maximum atomic E-state index is 10.9.